The Balaban J connectivity index is 1.83. The summed E-state index contributed by atoms with van der Waals surface area (Å²) >= 11 is 0. The van der Waals surface area contributed by atoms with Gasteiger partial charge < -0.3 is 10.1 Å². The van der Waals surface area contributed by atoms with Gasteiger partial charge in [-0.2, -0.15) is 5.26 Å². The Hall–Kier alpha value is -2.02. The van der Waals surface area contributed by atoms with Crippen molar-refractivity contribution in [3.8, 4) is 11.8 Å². The minimum atomic E-state index is -0.813. The van der Waals surface area contributed by atoms with Crippen LogP contribution in [0.2, 0.25) is 0 Å². The van der Waals surface area contributed by atoms with Crippen LogP contribution in [0, 0.1) is 16.7 Å². The van der Waals surface area contributed by atoms with Gasteiger partial charge in [-0.1, -0.05) is 31.0 Å². The highest BCUT2D eigenvalue weighted by Crippen LogP contribution is 2.37. The van der Waals surface area contributed by atoms with E-state index >= 15 is 0 Å². The number of para-hydroxylation sites is 1. The van der Waals surface area contributed by atoms with Gasteiger partial charge in [-0.15, -0.1) is 0 Å². The number of rotatable bonds is 5. The predicted molar refractivity (Wildman–Crippen MR) is 76.1 cm³/mol. The first-order valence-corrected chi connectivity index (χ1v) is 7.07. The Morgan fingerprint density at radius 1 is 1.40 bits per heavy atom. The fraction of sp³-hybridized carbons (Fsp3) is 0.500. The number of ether oxygens (including phenoxy) is 1. The molecule has 1 aromatic carbocycles. The second-order valence-corrected chi connectivity index (χ2v) is 5.35. The third kappa shape index (κ3) is 3.30. The summed E-state index contributed by atoms with van der Waals surface area (Å²) in [6, 6.07) is 11.7. The van der Waals surface area contributed by atoms with E-state index in [0.717, 1.165) is 18.6 Å². The van der Waals surface area contributed by atoms with Crippen LogP contribution in [-0.4, -0.2) is 18.6 Å². The molecule has 106 valence electrons. The van der Waals surface area contributed by atoms with Crippen LogP contribution in [0.25, 0.3) is 0 Å². The van der Waals surface area contributed by atoms with Crippen LogP contribution in [0.1, 0.15) is 32.6 Å². The normalized spacial score (nSPS) is 18.0. The van der Waals surface area contributed by atoms with Crippen LogP contribution in [0.3, 0.4) is 0 Å². The number of carbonyl (C=O) groups is 1. The molecule has 1 amide bonds. The molecule has 1 fully saturated rings. The predicted octanol–water partition coefficient (Wildman–Crippen LogP) is 2.65. The zero-order valence-electron chi connectivity index (χ0n) is 11.8. The maximum atomic E-state index is 12.2. The average Bonchev–Trinajstić information content (AvgIpc) is 2.96. The molecule has 0 radical (unpaired) electrons. The molecule has 0 unspecified atom stereocenters. The molecule has 0 heterocycles. The third-order valence-electron chi connectivity index (χ3n) is 3.74. The average molecular weight is 272 g/mol. The summed E-state index contributed by atoms with van der Waals surface area (Å²) in [5.74, 6) is 0.631. The zero-order valence-corrected chi connectivity index (χ0v) is 11.8. The summed E-state index contributed by atoms with van der Waals surface area (Å²) in [6.45, 7) is 2.32. The molecule has 2 rings (SSSR count). The van der Waals surface area contributed by atoms with Crippen molar-refractivity contribution in [3.05, 3.63) is 30.3 Å². The second-order valence-electron chi connectivity index (χ2n) is 5.35. The van der Waals surface area contributed by atoms with Gasteiger partial charge in [-0.3, -0.25) is 4.79 Å². The number of nitrogens with zero attached hydrogens (tertiary/aromatic N) is 1. The summed E-state index contributed by atoms with van der Waals surface area (Å²) in [7, 11) is 0. The summed E-state index contributed by atoms with van der Waals surface area (Å²) < 4.78 is 5.70. The van der Waals surface area contributed by atoms with E-state index in [1.54, 1.807) is 0 Å². The molecule has 1 aromatic rings. The standard InChI is InChI=1S/C16H20N2O2/c1-13(20-14-7-3-2-4-8-14)11-18-15(19)16(12-17)9-5-6-10-16/h2-4,7-8,13H,5-6,9-11H2,1H3,(H,18,19)/t13-/m1/s1. The van der Waals surface area contributed by atoms with E-state index in [1.165, 1.54) is 0 Å². The number of benzene rings is 1. The Labute approximate surface area is 119 Å². The first-order chi connectivity index (χ1) is 9.66. The first-order valence-electron chi connectivity index (χ1n) is 7.07. The van der Waals surface area contributed by atoms with Crippen LogP contribution >= 0.6 is 0 Å². The quantitative estimate of drug-likeness (QED) is 0.896. The lowest BCUT2D eigenvalue weighted by molar-refractivity contribution is -0.128. The van der Waals surface area contributed by atoms with Gasteiger partial charge >= 0.3 is 0 Å². The number of nitriles is 1. The number of nitrogens with one attached hydrogen (secondary N) is 1. The minimum Gasteiger partial charge on any atom is -0.489 e. The lowest BCUT2D eigenvalue weighted by atomic mass is 9.87. The molecule has 0 bridgehead atoms. The Morgan fingerprint density at radius 2 is 2.05 bits per heavy atom. The summed E-state index contributed by atoms with van der Waals surface area (Å²) in [5, 5.41) is 12.1. The smallest absolute Gasteiger partial charge is 0.240 e. The van der Waals surface area contributed by atoms with Crippen LogP contribution in [0.15, 0.2) is 30.3 Å². The van der Waals surface area contributed by atoms with Crippen molar-refractivity contribution in [1.29, 1.82) is 5.26 Å². The molecule has 0 aromatic heterocycles. The van der Waals surface area contributed by atoms with Crippen molar-refractivity contribution >= 4 is 5.91 Å². The number of carbonyl (C=O) groups excluding carboxylic acids is 1. The zero-order chi connectivity index (χ0) is 14.4. The van der Waals surface area contributed by atoms with Crippen LogP contribution in [0.4, 0.5) is 0 Å². The summed E-state index contributed by atoms with van der Waals surface area (Å²) in [5.41, 5.74) is -0.813. The highest BCUT2D eigenvalue weighted by molar-refractivity contribution is 5.85. The topological polar surface area (TPSA) is 62.1 Å². The van der Waals surface area contributed by atoms with Crippen molar-refractivity contribution in [2.75, 3.05) is 6.54 Å². The summed E-state index contributed by atoms with van der Waals surface area (Å²) in [6.07, 6.45) is 3.12. The monoisotopic (exact) mass is 272 g/mol. The highest BCUT2D eigenvalue weighted by Gasteiger charge is 2.41. The maximum Gasteiger partial charge on any atom is 0.240 e. The highest BCUT2D eigenvalue weighted by atomic mass is 16.5. The fourth-order valence-corrected chi connectivity index (χ4v) is 2.55. The van der Waals surface area contributed by atoms with E-state index in [4.69, 9.17) is 4.74 Å². The Bertz CT molecular complexity index is 487. The number of amides is 1. The molecule has 0 aliphatic heterocycles. The van der Waals surface area contributed by atoms with Gasteiger partial charge in [0, 0.05) is 0 Å². The van der Waals surface area contributed by atoms with Crippen molar-refractivity contribution < 1.29 is 9.53 Å². The van der Waals surface area contributed by atoms with Gasteiger partial charge in [0.05, 0.1) is 12.6 Å². The van der Waals surface area contributed by atoms with E-state index in [0.29, 0.717) is 19.4 Å². The number of hydrogen-bond acceptors (Lipinski definition) is 3. The molecular weight excluding hydrogens is 252 g/mol. The third-order valence-corrected chi connectivity index (χ3v) is 3.74. The molecule has 0 spiro atoms. The SMILES string of the molecule is C[C@H](CNC(=O)C1(C#N)CCCC1)Oc1ccccc1. The lowest BCUT2D eigenvalue weighted by Gasteiger charge is -2.21. The molecule has 1 atom stereocenters. The van der Waals surface area contributed by atoms with E-state index in [9.17, 15) is 10.1 Å². The Kier molecular flexibility index (Phi) is 4.62. The van der Waals surface area contributed by atoms with Gasteiger partial charge in [-0.25, -0.2) is 0 Å². The maximum absolute atomic E-state index is 12.2. The van der Waals surface area contributed by atoms with Gasteiger partial charge in [0.25, 0.3) is 0 Å². The van der Waals surface area contributed by atoms with Crippen molar-refractivity contribution in [2.24, 2.45) is 5.41 Å². The molecule has 4 heteroatoms. The van der Waals surface area contributed by atoms with Crippen molar-refractivity contribution in [1.82, 2.24) is 5.32 Å². The molecular formula is C16H20N2O2. The van der Waals surface area contributed by atoms with E-state index in [-0.39, 0.29) is 12.0 Å². The molecule has 1 saturated carbocycles. The molecule has 20 heavy (non-hydrogen) atoms. The van der Waals surface area contributed by atoms with Crippen LogP contribution < -0.4 is 10.1 Å². The van der Waals surface area contributed by atoms with Gasteiger partial charge in [-0.05, 0) is 31.9 Å². The minimum absolute atomic E-state index is 0.126. The van der Waals surface area contributed by atoms with E-state index in [1.807, 2.05) is 37.3 Å². The molecule has 4 nitrogen and oxygen atoms in total. The molecule has 1 aliphatic rings. The first kappa shape index (κ1) is 14.4. The van der Waals surface area contributed by atoms with Crippen molar-refractivity contribution in [3.63, 3.8) is 0 Å². The van der Waals surface area contributed by atoms with Gasteiger partial charge in [0.1, 0.15) is 17.3 Å². The van der Waals surface area contributed by atoms with Crippen molar-refractivity contribution in [2.45, 2.75) is 38.7 Å². The summed E-state index contributed by atoms with van der Waals surface area (Å²) in [4.78, 5) is 12.2. The molecule has 1 aliphatic carbocycles. The lowest BCUT2D eigenvalue weighted by Crippen LogP contribution is -2.42. The number of hydrogen-bond donors (Lipinski definition) is 1. The van der Waals surface area contributed by atoms with Gasteiger partial charge in [0.15, 0.2) is 0 Å². The van der Waals surface area contributed by atoms with Crippen LogP contribution in [-0.2, 0) is 4.79 Å². The Morgan fingerprint density at radius 3 is 2.65 bits per heavy atom. The van der Waals surface area contributed by atoms with Crippen LogP contribution in [0.5, 0.6) is 5.75 Å². The van der Waals surface area contributed by atoms with E-state index < -0.39 is 5.41 Å². The largest absolute Gasteiger partial charge is 0.489 e. The van der Waals surface area contributed by atoms with E-state index in [2.05, 4.69) is 11.4 Å². The molecule has 0 saturated heterocycles. The molecule has 1 N–H and O–H groups in total. The van der Waals surface area contributed by atoms with Gasteiger partial charge in [0.2, 0.25) is 5.91 Å². The fourth-order valence-electron chi connectivity index (χ4n) is 2.55. The second kappa shape index (κ2) is 6.42.